The first-order chi connectivity index (χ1) is 15.3. The minimum Gasteiger partial charge on any atom is -0.454 e. The van der Waals surface area contributed by atoms with Gasteiger partial charge in [0, 0.05) is 37.5 Å². The molecular formula is C23H26N5O3+. The van der Waals surface area contributed by atoms with Crippen LogP contribution in [-0.4, -0.2) is 58.8 Å². The van der Waals surface area contributed by atoms with Gasteiger partial charge < -0.3 is 19.3 Å². The van der Waals surface area contributed by atoms with Gasteiger partial charge in [0.1, 0.15) is 6.20 Å². The van der Waals surface area contributed by atoms with Crippen molar-refractivity contribution in [1.82, 2.24) is 19.9 Å². The molecule has 0 saturated carbocycles. The highest BCUT2D eigenvalue weighted by atomic mass is 16.7. The summed E-state index contributed by atoms with van der Waals surface area (Å²) in [5.41, 5.74) is 1.53. The van der Waals surface area contributed by atoms with Crippen molar-refractivity contribution in [2.24, 2.45) is 0 Å². The van der Waals surface area contributed by atoms with E-state index < -0.39 is 0 Å². The van der Waals surface area contributed by atoms with Gasteiger partial charge in [0.2, 0.25) is 6.79 Å². The normalized spacial score (nSPS) is 15.4. The van der Waals surface area contributed by atoms with Gasteiger partial charge in [-0.15, -0.1) is 4.68 Å². The molecule has 1 aromatic carbocycles. The Labute approximate surface area is 181 Å². The van der Waals surface area contributed by atoms with Crippen LogP contribution >= 0.6 is 0 Å². The number of rotatable bonds is 7. The molecule has 0 unspecified atom stereocenters. The van der Waals surface area contributed by atoms with E-state index in [2.05, 4.69) is 15.0 Å². The molecule has 160 valence electrons. The number of pyridine rings is 1. The molecule has 1 saturated heterocycles. The number of para-hydroxylation sites is 1. The van der Waals surface area contributed by atoms with Crippen LogP contribution in [0.4, 0.5) is 0 Å². The number of carbonyl (C=O) groups excluding carboxylic acids is 1. The summed E-state index contributed by atoms with van der Waals surface area (Å²) < 4.78 is 13.0. The van der Waals surface area contributed by atoms with E-state index in [0.29, 0.717) is 18.7 Å². The second-order valence-corrected chi connectivity index (χ2v) is 7.84. The van der Waals surface area contributed by atoms with E-state index in [9.17, 15) is 4.79 Å². The van der Waals surface area contributed by atoms with Crippen LogP contribution in [0.1, 0.15) is 28.8 Å². The number of H-pyrrole nitrogens is 1. The van der Waals surface area contributed by atoms with E-state index in [1.165, 1.54) is 12.8 Å². The third-order valence-electron chi connectivity index (χ3n) is 5.80. The fourth-order valence-electron chi connectivity index (χ4n) is 4.12. The molecule has 0 atom stereocenters. The summed E-state index contributed by atoms with van der Waals surface area (Å²) in [6, 6.07) is 11.4. The molecule has 0 spiro atoms. The predicted octanol–water partition coefficient (Wildman–Crippen LogP) is 2.15. The summed E-state index contributed by atoms with van der Waals surface area (Å²) in [7, 11) is 0. The van der Waals surface area contributed by atoms with Crippen LogP contribution in [0.25, 0.3) is 5.82 Å². The van der Waals surface area contributed by atoms with Crippen molar-refractivity contribution in [3.63, 3.8) is 0 Å². The summed E-state index contributed by atoms with van der Waals surface area (Å²) in [6.45, 7) is 4.40. The zero-order chi connectivity index (χ0) is 21.0. The van der Waals surface area contributed by atoms with E-state index in [4.69, 9.17) is 9.47 Å². The lowest BCUT2D eigenvalue weighted by Crippen LogP contribution is -2.38. The molecule has 5 rings (SSSR count). The number of benzene rings is 1. The van der Waals surface area contributed by atoms with Crippen LogP contribution in [0, 0.1) is 0 Å². The first-order valence-electron chi connectivity index (χ1n) is 10.7. The molecule has 31 heavy (non-hydrogen) atoms. The van der Waals surface area contributed by atoms with E-state index in [1.54, 1.807) is 10.9 Å². The number of hydrogen-bond donors (Lipinski definition) is 1. The van der Waals surface area contributed by atoms with Crippen molar-refractivity contribution in [2.45, 2.75) is 19.4 Å². The lowest BCUT2D eigenvalue weighted by Gasteiger charge is -2.26. The molecule has 1 N–H and O–H groups in total. The molecular weight excluding hydrogens is 394 g/mol. The van der Waals surface area contributed by atoms with Crippen molar-refractivity contribution in [3.8, 4) is 17.3 Å². The number of likely N-dealkylation sites (tertiary alicyclic amines) is 1. The van der Waals surface area contributed by atoms with Gasteiger partial charge in [0.15, 0.2) is 17.7 Å². The Morgan fingerprint density at radius 2 is 2.06 bits per heavy atom. The van der Waals surface area contributed by atoms with Gasteiger partial charge in [0.25, 0.3) is 5.91 Å². The number of carbonyl (C=O) groups is 1. The summed E-state index contributed by atoms with van der Waals surface area (Å²) in [5.74, 6) is 2.17. The molecule has 0 radical (unpaired) electrons. The first kappa shape index (κ1) is 19.6. The lowest BCUT2D eigenvalue weighted by atomic mass is 10.1. The van der Waals surface area contributed by atoms with Crippen molar-refractivity contribution in [1.29, 1.82) is 0 Å². The van der Waals surface area contributed by atoms with Crippen molar-refractivity contribution >= 4 is 5.91 Å². The van der Waals surface area contributed by atoms with Crippen LogP contribution < -0.4 is 14.2 Å². The average Bonchev–Trinajstić information content (AvgIpc) is 3.58. The number of hydrogen-bond acceptors (Lipinski definition) is 5. The van der Waals surface area contributed by atoms with Crippen LogP contribution in [-0.2, 0) is 6.54 Å². The molecule has 8 heteroatoms. The maximum atomic E-state index is 13.4. The summed E-state index contributed by atoms with van der Waals surface area (Å²) in [6.07, 6.45) is 7.80. The van der Waals surface area contributed by atoms with Gasteiger partial charge in [-0.05, 0) is 49.1 Å². The van der Waals surface area contributed by atoms with Gasteiger partial charge in [-0.1, -0.05) is 12.1 Å². The summed E-state index contributed by atoms with van der Waals surface area (Å²) in [4.78, 5) is 22.2. The number of nitrogens with one attached hydrogen (secondary N) is 1. The van der Waals surface area contributed by atoms with E-state index in [0.717, 1.165) is 42.5 Å². The van der Waals surface area contributed by atoms with Crippen LogP contribution in [0.15, 0.2) is 55.0 Å². The molecule has 1 amide bonds. The van der Waals surface area contributed by atoms with Crippen molar-refractivity contribution in [2.75, 3.05) is 33.0 Å². The molecule has 0 bridgehead atoms. The molecule has 0 aliphatic carbocycles. The van der Waals surface area contributed by atoms with E-state index in [-0.39, 0.29) is 12.7 Å². The third-order valence-corrected chi connectivity index (χ3v) is 5.80. The van der Waals surface area contributed by atoms with Gasteiger partial charge in [-0.3, -0.25) is 4.79 Å². The van der Waals surface area contributed by atoms with Crippen LogP contribution in [0.2, 0.25) is 0 Å². The molecule has 2 aliphatic heterocycles. The highest BCUT2D eigenvalue weighted by Crippen LogP contribution is 2.36. The Hall–Kier alpha value is -3.39. The molecule has 2 aromatic heterocycles. The minimum absolute atomic E-state index is 0.0359. The summed E-state index contributed by atoms with van der Waals surface area (Å²) in [5, 5.41) is 3.06. The lowest BCUT2D eigenvalue weighted by molar-refractivity contribution is -0.658. The molecule has 8 nitrogen and oxygen atoms in total. The minimum atomic E-state index is -0.0359. The Kier molecular flexibility index (Phi) is 5.54. The predicted molar refractivity (Wildman–Crippen MR) is 113 cm³/mol. The molecule has 2 aliphatic rings. The fourth-order valence-corrected chi connectivity index (χ4v) is 4.12. The second kappa shape index (κ2) is 8.77. The van der Waals surface area contributed by atoms with Gasteiger partial charge in [0.05, 0.1) is 5.56 Å². The summed E-state index contributed by atoms with van der Waals surface area (Å²) >= 11 is 0. The van der Waals surface area contributed by atoms with E-state index >= 15 is 0 Å². The van der Waals surface area contributed by atoms with Gasteiger partial charge in [-0.25, -0.2) is 5.10 Å². The second-order valence-electron chi connectivity index (χ2n) is 7.84. The fraction of sp³-hybridized carbons (Fsp3) is 0.348. The maximum Gasteiger partial charge on any atom is 0.346 e. The van der Waals surface area contributed by atoms with Crippen LogP contribution in [0.5, 0.6) is 11.5 Å². The topological polar surface area (TPSA) is 74.6 Å². The Morgan fingerprint density at radius 3 is 2.84 bits per heavy atom. The average molecular weight is 420 g/mol. The smallest absolute Gasteiger partial charge is 0.346 e. The Morgan fingerprint density at radius 1 is 1.16 bits per heavy atom. The first-order valence-corrected chi connectivity index (χ1v) is 10.7. The number of aromatic nitrogens is 3. The van der Waals surface area contributed by atoms with Gasteiger partial charge in [-0.2, -0.15) is 0 Å². The number of aromatic amines is 1. The zero-order valence-corrected chi connectivity index (χ0v) is 17.4. The van der Waals surface area contributed by atoms with Crippen molar-refractivity contribution < 1.29 is 19.0 Å². The largest absolute Gasteiger partial charge is 0.454 e. The standard InChI is InChI=1S/C23H25N5O3/c29-23(18-7-8-21(24-15-18)28-12-4-9-25-28)27(14-13-26-10-1-2-11-26)16-19-5-3-6-20-22(19)31-17-30-20/h3-9,12,15H,1-2,10-11,13-14,16-17H2/p+1. The monoisotopic (exact) mass is 420 g/mol. The number of nitrogens with zero attached hydrogens (tertiary/aromatic N) is 4. The number of fused-ring (bicyclic) bond motifs is 1. The van der Waals surface area contributed by atoms with Gasteiger partial charge >= 0.3 is 5.82 Å². The molecule has 3 aromatic rings. The molecule has 1 fully saturated rings. The highest BCUT2D eigenvalue weighted by Gasteiger charge is 2.24. The number of ether oxygens (including phenoxy) is 2. The quantitative estimate of drug-likeness (QED) is 0.593. The third kappa shape index (κ3) is 4.25. The highest BCUT2D eigenvalue weighted by molar-refractivity contribution is 5.94. The maximum absolute atomic E-state index is 13.4. The zero-order valence-electron chi connectivity index (χ0n) is 17.4. The molecule has 4 heterocycles. The van der Waals surface area contributed by atoms with E-state index in [1.807, 2.05) is 53.7 Å². The Balaban J connectivity index is 1.36. The Bertz CT molecular complexity index is 1030. The SMILES string of the molecule is O=C(c1ccc(-[n+]2ccc[nH]2)nc1)N(CCN1CCCC1)Cc1cccc2c1OCO2. The van der Waals surface area contributed by atoms with Crippen LogP contribution in [0.3, 0.4) is 0 Å². The number of amides is 1. The van der Waals surface area contributed by atoms with Crippen molar-refractivity contribution in [3.05, 3.63) is 66.1 Å².